The Balaban J connectivity index is 1.46. The van der Waals surface area contributed by atoms with Gasteiger partial charge in [0.1, 0.15) is 0 Å². The molecule has 6 heteroatoms. The summed E-state index contributed by atoms with van der Waals surface area (Å²) >= 11 is 0. The molecule has 6 nitrogen and oxygen atoms in total. The second kappa shape index (κ2) is 8.92. The van der Waals surface area contributed by atoms with Crippen molar-refractivity contribution in [3.63, 3.8) is 0 Å². The SMILES string of the molecule is CCNC(=NCCCn1ccc2ccccc21)NCCn1ccnc1. The number of para-hydroxylation sites is 1. The summed E-state index contributed by atoms with van der Waals surface area (Å²) in [7, 11) is 0. The maximum absolute atomic E-state index is 4.67. The summed E-state index contributed by atoms with van der Waals surface area (Å²) in [6.45, 7) is 6.42. The fourth-order valence-electron chi connectivity index (χ4n) is 2.83. The average Bonchev–Trinajstić information content (AvgIpc) is 3.28. The molecule has 0 aliphatic rings. The maximum atomic E-state index is 4.67. The number of fused-ring (bicyclic) bond motifs is 1. The Bertz CT molecular complexity index is 787. The third-order valence-electron chi connectivity index (χ3n) is 4.07. The average molecular weight is 338 g/mol. The molecule has 0 spiro atoms. The van der Waals surface area contributed by atoms with Crippen LogP contribution in [0.3, 0.4) is 0 Å². The van der Waals surface area contributed by atoms with Crippen LogP contribution in [0.15, 0.2) is 60.2 Å². The predicted molar refractivity (Wildman–Crippen MR) is 103 cm³/mol. The van der Waals surface area contributed by atoms with Gasteiger partial charge in [0.05, 0.1) is 6.33 Å². The van der Waals surface area contributed by atoms with E-state index in [1.54, 1.807) is 6.20 Å². The van der Waals surface area contributed by atoms with Crippen LogP contribution in [-0.4, -0.2) is 39.7 Å². The van der Waals surface area contributed by atoms with Crippen LogP contribution in [0, 0.1) is 0 Å². The molecule has 0 amide bonds. The third kappa shape index (κ3) is 4.86. The van der Waals surface area contributed by atoms with Crippen molar-refractivity contribution in [2.75, 3.05) is 19.6 Å². The number of benzene rings is 1. The second-order valence-corrected chi connectivity index (χ2v) is 5.91. The molecular weight excluding hydrogens is 312 g/mol. The van der Waals surface area contributed by atoms with Crippen molar-refractivity contribution in [2.45, 2.75) is 26.4 Å². The quantitative estimate of drug-likeness (QED) is 0.377. The van der Waals surface area contributed by atoms with Crippen molar-refractivity contribution in [1.29, 1.82) is 0 Å². The van der Waals surface area contributed by atoms with E-state index in [1.807, 2.05) is 17.1 Å². The summed E-state index contributed by atoms with van der Waals surface area (Å²) in [5, 5.41) is 7.95. The largest absolute Gasteiger partial charge is 0.357 e. The summed E-state index contributed by atoms with van der Waals surface area (Å²) in [6.07, 6.45) is 8.75. The van der Waals surface area contributed by atoms with Crippen molar-refractivity contribution in [2.24, 2.45) is 4.99 Å². The highest BCUT2D eigenvalue weighted by Gasteiger charge is 2.00. The molecule has 25 heavy (non-hydrogen) atoms. The van der Waals surface area contributed by atoms with Gasteiger partial charge in [0, 0.05) is 56.8 Å². The first-order valence-corrected chi connectivity index (χ1v) is 8.88. The number of aromatic nitrogens is 3. The van der Waals surface area contributed by atoms with Gasteiger partial charge in [-0.05, 0) is 30.9 Å². The zero-order valence-corrected chi connectivity index (χ0v) is 14.7. The highest BCUT2D eigenvalue weighted by molar-refractivity contribution is 5.80. The lowest BCUT2D eigenvalue weighted by atomic mass is 10.2. The Morgan fingerprint density at radius 1 is 1.12 bits per heavy atom. The molecule has 2 heterocycles. The van der Waals surface area contributed by atoms with E-state index in [-0.39, 0.29) is 0 Å². The van der Waals surface area contributed by atoms with E-state index in [0.717, 1.165) is 45.1 Å². The molecule has 1 aromatic carbocycles. The Hall–Kier alpha value is -2.76. The van der Waals surface area contributed by atoms with Crippen LogP contribution in [0.1, 0.15) is 13.3 Å². The monoisotopic (exact) mass is 338 g/mol. The number of hydrogen-bond donors (Lipinski definition) is 2. The van der Waals surface area contributed by atoms with E-state index in [2.05, 4.69) is 68.6 Å². The molecule has 2 aromatic heterocycles. The molecule has 2 N–H and O–H groups in total. The number of imidazole rings is 1. The molecule has 0 aliphatic heterocycles. The lowest BCUT2D eigenvalue weighted by Crippen LogP contribution is -2.38. The van der Waals surface area contributed by atoms with Crippen LogP contribution in [0.25, 0.3) is 10.9 Å². The topological polar surface area (TPSA) is 59.2 Å². The van der Waals surface area contributed by atoms with Crippen molar-refractivity contribution in [3.8, 4) is 0 Å². The van der Waals surface area contributed by atoms with Crippen LogP contribution in [0.2, 0.25) is 0 Å². The smallest absolute Gasteiger partial charge is 0.191 e. The van der Waals surface area contributed by atoms with Crippen molar-refractivity contribution in [1.82, 2.24) is 24.8 Å². The van der Waals surface area contributed by atoms with Crippen molar-refractivity contribution < 1.29 is 0 Å². The fourth-order valence-corrected chi connectivity index (χ4v) is 2.83. The molecule has 0 aliphatic carbocycles. The molecule has 0 saturated heterocycles. The number of nitrogens with one attached hydrogen (secondary N) is 2. The van der Waals surface area contributed by atoms with Gasteiger partial charge in [0.2, 0.25) is 0 Å². The summed E-state index contributed by atoms with van der Waals surface area (Å²) in [5.41, 5.74) is 1.29. The Labute approximate surface area is 148 Å². The normalized spacial score (nSPS) is 11.8. The summed E-state index contributed by atoms with van der Waals surface area (Å²) in [6, 6.07) is 10.7. The Kier molecular flexibility index (Phi) is 6.09. The second-order valence-electron chi connectivity index (χ2n) is 5.91. The molecule has 3 aromatic rings. The number of aryl methyl sites for hydroxylation is 1. The standard InChI is InChI=1S/C19H26N6/c1-2-21-19(23-11-15-24-14-10-20-16-24)22-9-5-12-25-13-8-17-6-3-4-7-18(17)25/h3-4,6-8,10,13-14,16H,2,5,9,11-12,15H2,1H3,(H2,21,22,23). The Morgan fingerprint density at radius 3 is 2.88 bits per heavy atom. The van der Waals surface area contributed by atoms with Gasteiger partial charge >= 0.3 is 0 Å². The minimum absolute atomic E-state index is 0.799. The highest BCUT2D eigenvalue weighted by Crippen LogP contribution is 2.15. The van der Waals surface area contributed by atoms with E-state index in [1.165, 1.54) is 10.9 Å². The molecule has 0 atom stereocenters. The van der Waals surface area contributed by atoms with Crippen LogP contribution in [-0.2, 0) is 13.1 Å². The molecule has 0 saturated carbocycles. The summed E-state index contributed by atoms with van der Waals surface area (Å²) < 4.78 is 4.35. The van der Waals surface area contributed by atoms with Gasteiger partial charge in [-0.1, -0.05) is 18.2 Å². The molecule has 132 valence electrons. The number of rotatable bonds is 8. The minimum atomic E-state index is 0.799. The van der Waals surface area contributed by atoms with Gasteiger partial charge in [-0.25, -0.2) is 4.98 Å². The van der Waals surface area contributed by atoms with Gasteiger partial charge in [-0.15, -0.1) is 0 Å². The number of aliphatic imine (C=N–C) groups is 1. The number of hydrogen-bond acceptors (Lipinski definition) is 2. The Morgan fingerprint density at radius 2 is 2.04 bits per heavy atom. The van der Waals surface area contributed by atoms with Gasteiger partial charge < -0.3 is 19.8 Å². The van der Waals surface area contributed by atoms with Crippen molar-refractivity contribution >= 4 is 16.9 Å². The molecule has 0 fully saturated rings. The molecule has 0 bridgehead atoms. The van der Waals surface area contributed by atoms with Gasteiger partial charge in [0.15, 0.2) is 5.96 Å². The fraction of sp³-hybridized carbons (Fsp3) is 0.368. The maximum Gasteiger partial charge on any atom is 0.191 e. The lowest BCUT2D eigenvalue weighted by Gasteiger charge is -2.11. The van der Waals surface area contributed by atoms with Crippen LogP contribution in [0.5, 0.6) is 0 Å². The zero-order valence-electron chi connectivity index (χ0n) is 14.7. The van der Waals surface area contributed by atoms with E-state index >= 15 is 0 Å². The predicted octanol–water partition coefficient (Wildman–Crippen LogP) is 2.48. The highest BCUT2D eigenvalue weighted by atomic mass is 15.2. The first-order chi connectivity index (χ1) is 12.4. The number of guanidine groups is 1. The first-order valence-electron chi connectivity index (χ1n) is 8.88. The molecule has 0 radical (unpaired) electrons. The zero-order chi connectivity index (χ0) is 17.3. The van der Waals surface area contributed by atoms with E-state index in [9.17, 15) is 0 Å². The van der Waals surface area contributed by atoms with Gasteiger partial charge in [-0.3, -0.25) is 4.99 Å². The number of nitrogens with zero attached hydrogens (tertiary/aromatic N) is 4. The summed E-state index contributed by atoms with van der Waals surface area (Å²) in [4.78, 5) is 8.72. The summed E-state index contributed by atoms with van der Waals surface area (Å²) in [5.74, 6) is 0.875. The minimum Gasteiger partial charge on any atom is -0.357 e. The third-order valence-corrected chi connectivity index (χ3v) is 4.07. The van der Waals surface area contributed by atoms with Gasteiger partial charge in [-0.2, -0.15) is 0 Å². The van der Waals surface area contributed by atoms with E-state index < -0.39 is 0 Å². The van der Waals surface area contributed by atoms with Crippen LogP contribution in [0.4, 0.5) is 0 Å². The lowest BCUT2D eigenvalue weighted by molar-refractivity contribution is 0.650. The van der Waals surface area contributed by atoms with Crippen LogP contribution < -0.4 is 10.6 Å². The van der Waals surface area contributed by atoms with Crippen LogP contribution >= 0.6 is 0 Å². The molecule has 3 rings (SSSR count). The first kappa shape index (κ1) is 17.1. The van der Waals surface area contributed by atoms with E-state index in [0.29, 0.717) is 0 Å². The van der Waals surface area contributed by atoms with E-state index in [4.69, 9.17) is 0 Å². The van der Waals surface area contributed by atoms with Crippen molar-refractivity contribution in [3.05, 3.63) is 55.2 Å². The van der Waals surface area contributed by atoms with Gasteiger partial charge in [0.25, 0.3) is 0 Å². The molecular formula is C19H26N6. The molecule has 0 unspecified atom stereocenters.